The van der Waals surface area contributed by atoms with Crippen LogP contribution in [0.2, 0.25) is 0 Å². The van der Waals surface area contributed by atoms with Crippen molar-refractivity contribution in [2.45, 2.75) is 38.8 Å². The quantitative estimate of drug-likeness (QED) is 0.635. The Kier molecular flexibility index (Phi) is 5.84. The minimum atomic E-state index is -4.06. The lowest BCUT2D eigenvalue weighted by molar-refractivity contribution is -0.135. The fourth-order valence-corrected chi connectivity index (χ4v) is 1.80. The van der Waals surface area contributed by atoms with Gasteiger partial charge in [0, 0.05) is 25.5 Å². The second-order valence-electron chi connectivity index (χ2n) is 3.84. The maximum atomic E-state index is 11.9. The van der Waals surface area contributed by atoms with Crippen LogP contribution in [-0.2, 0) is 6.42 Å². The largest absolute Gasteiger partial charge is 0.389 e. The molecule has 0 amide bonds. The number of rotatable bonds is 6. The number of hydrogen-bond acceptors (Lipinski definition) is 3. The van der Waals surface area contributed by atoms with Gasteiger partial charge < -0.3 is 5.32 Å². The van der Waals surface area contributed by atoms with Crippen LogP contribution in [0, 0.1) is 0 Å². The average molecular weight is 326 g/mol. The number of nitrogens with one attached hydrogen (secondary N) is 1. The number of nitrogens with zero attached hydrogens (tertiary/aromatic N) is 2. The second kappa shape index (κ2) is 6.92. The van der Waals surface area contributed by atoms with E-state index in [2.05, 4.69) is 31.2 Å². The van der Waals surface area contributed by atoms with Crippen molar-refractivity contribution in [3.05, 3.63) is 16.5 Å². The molecular weight excluding hydrogens is 311 g/mol. The number of aromatic nitrogens is 2. The molecule has 1 aromatic heterocycles. The van der Waals surface area contributed by atoms with Crippen molar-refractivity contribution in [3.63, 3.8) is 0 Å². The van der Waals surface area contributed by atoms with Crippen LogP contribution in [0.3, 0.4) is 0 Å². The third-order valence-electron chi connectivity index (χ3n) is 2.25. The first-order valence-electron chi connectivity index (χ1n) is 5.75. The number of alkyl halides is 3. The van der Waals surface area contributed by atoms with E-state index in [-0.39, 0.29) is 6.42 Å². The van der Waals surface area contributed by atoms with Crippen LogP contribution in [0.25, 0.3) is 0 Å². The summed E-state index contributed by atoms with van der Waals surface area (Å²) in [5.74, 6) is 1.34. The van der Waals surface area contributed by atoms with Crippen LogP contribution < -0.4 is 5.32 Å². The van der Waals surface area contributed by atoms with Gasteiger partial charge in [-0.15, -0.1) is 0 Å². The summed E-state index contributed by atoms with van der Waals surface area (Å²) in [6, 6.07) is 1.71. The Bertz CT molecular complexity index is 382. The molecule has 0 fully saturated rings. The van der Waals surface area contributed by atoms with Crippen LogP contribution in [0.1, 0.15) is 32.0 Å². The zero-order chi connectivity index (χ0) is 13.6. The molecule has 0 aromatic carbocycles. The highest BCUT2D eigenvalue weighted by atomic mass is 79.9. The molecular formula is C11H15BrF3N3. The predicted molar refractivity (Wildman–Crippen MR) is 67.5 cm³/mol. The molecule has 0 spiro atoms. The minimum Gasteiger partial charge on any atom is -0.370 e. The van der Waals surface area contributed by atoms with Gasteiger partial charge in [0.25, 0.3) is 0 Å². The van der Waals surface area contributed by atoms with Crippen molar-refractivity contribution in [1.82, 2.24) is 9.97 Å². The SMILES string of the molecule is CCc1nc(Br)cc(NCCCCC(F)(F)F)n1. The summed E-state index contributed by atoms with van der Waals surface area (Å²) in [7, 11) is 0. The van der Waals surface area contributed by atoms with E-state index >= 15 is 0 Å². The van der Waals surface area contributed by atoms with Gasteiger partial charge in [-0.3, -0.25) is 0 Å². The molecule has 0 bridgehead atoms. The van der Waals surface area contributed by atoms with E-state index in [0.717, 1.165) is 0 Å². The topological polar surface area (TPSA) is 37.8 Å². The molecule has 0 saturated heterocycles. The van der Waals surface area contributed by atoms with Gasteiger partial charge in [0.2, 0.25) is 0 Å². The van der Waals surface area contributed by atoms with Crippen molar-refractivity contribution in [2.75, 3.05) is 11.9 Å². The van der Waals surface area contributed by atoms with E-state index in [1.165, 1.54) is 0 Å². The highest BCUT2D eigenvalue weighted by molar-refractivity contribution is 9.10. The van der Waals surface area contributed by atoms with Crippen LogP contribution in [0.4, 0.5) is 19.0 Å². The van der Waals surface area contributed by atoms with Crippen molar-refractivity contribution in [1.29, 1.82) is 0 Å². The lowest BCUT2D eigenvalue weighted by Crippen LogP contribution is -2.09. The zero-order valence-corrected chi connectivity index (χ0v) is 11.6. The van der Waals surface area contributed by atoms with Crippen LogP contribution in [0.15, 0.2) is 10.7 Å². The Hall–Kier alpha value is -0.850. The fraction of sp³-hybridized carbons (Fsp3) is 0.636. The maximum absolute atomic E-state index is 11.9. The summed E-state index contributed by atoms with van der Waals surface area (Å²) < 4.78 is 36.4. The highest BCUT2D eigenvalue weighted by Crippen LogP contribution is 2.22. The molecule has 0 unspecified atom stereocenters. The zero-order valence-electron chi connectivity index (χ0n) is 10.0. The Labute approximate surface area is 112 Å². The summed E-state index contributed by atoms with van der Waals surface area (Å²) >= 11 is 3.26. The summed E-state index contributed by atoms with van der Waals surface area (Å²) in [5.41, 5.74) is 0. The molecule has 1 aromatic rings. The lowest BCUT2D eigenvalue weighted by Gasteiger charge is -2.08. The molecule has 0 atom stereocenters. The second-order valence-corrected chi connectivity index (χ2v) is 4.66. The number of halogens is 4. The molecule has 102 valence electrons. The molecule has 1 N–H and O–H groups in total. The molecule has 0 radical (unpaired) electrons. The van der Waals surface area contributed by atoms with Gasteiger partial charge in [0.05, 0.1) is 0 Å². The molecule has 18 heavy (non-hydrogen) atoms. The molecule has 3 nitrogen and oxygen atoms in total. The predicted octanol–water partition coefficient (Wildman–Crippen LogP) is 3.95. The van der Waals surface area contributed by atoms with E-state index in [4.69, 9.17) is 0 Å². The third kappa shape index (κ3) is 6.18. The molecule has 1 rings (SSSR count). The van der Waals surface area contributed by atoms with Crippen LogP contribution in [0.5, 0.6) is 0 Å². The Balaban J connectivity index is 2.33. The van der Waals surface area contributed by atoms with Gasteiger partial charge in [-0.25, -0.2) is 9.97 Å². The fourth-order valence-electron chi connectivity index (χ4n) is 1.38. The molecule has 0 aliphatic heterocycles. The smallest absolute Gasteiger partial charge is 0.370 e. The number of anilines is 1. The maximum Gasteiger partial charge on any atom is 0.389 e. The molecule has 0 aliphatic rings. The van der Waals surface area contributed by atoms with Gasteiger partial charge >= 0.3 is 6.18 Å². The highest BCUT2D eigenvalue weighted by Gasteiger charge is 2.25. The van der Waals surface area contributed by atoms with Gasteiger partial charge in [-0.05, 0) is 28.8 Å². The van der Waals surface area contributed by atoms with Crippen LogP contribution >= 0.6 is 15.9 Å². The van der Waals surface area contributed by atoms with Crippen molar-refractivity contribution in [2.24, 2.45) is 0 Å². The Morgan fingerprint density at radius 3 is 2.61 bits per heavy atom. The van der Waals surface area contributed by atoms with Crippen molar-refractivity contribution in [3.8, 4) is 0 Å². The monoisotopic (exact) mass is 325 g/mol. The Morgan fingerprint density at radius 2 is 2.00 bits per heavy atom. The van der Waals surface area contributed by atoms with Crippen molar-refractivity contribution < 1.29 is 13.2 Å². The van der Waals surface area contributed by atoms with Gasteiger partial charge in [-0.1, -0.05) is 6.92 Å². The number of unbranched alkanes of at least 4 members (excludes halogenated alkanes) is 1. The van der Waals surface area contributed by atoms with E-state index in [1.807, 2.05) is 6.92 Å². The summed E-state index contributed by atoms with van der Waals surface area (Å²) in [5, 5.41) is 3.00. The first-order valence-corrected chi connectivity index (χ1v) is 6.54. The standard InChI is InChI=1S/C11H15BrF3N3/c1-2-9-17-8(12)7-10(18-9)16-6-4-3-5-11(13,14)15/h7H,2-6H2,1H3,(H,16,17,18). The minimum absolute atomic E-state index is 0.128. The van der Waals surface area contributed by atoms with Gasteiger partial charge in [0.1, 0.15) is 16.2 Å². The molecule has 0 saturated carbocycles. The summed E-state index contributed by atoms with van der Waals surface area (Å²) in [4.78, 5) is 8.37. The third-order valence-corrected chi connectivity index (χ3v) is 2.66. The van der Waals surface area contributed by atoms with E-state index in [0.29, 0.717) is 35.6 Å². The normalized spacial score (nSPS) is 11.6. The van der Waals surface area contributed by atoms with Gasteiger partial charge in [-0.2, -0.15) is 13.2 Å². The summed E-state index contributed by atoms with van der Waals surface area (Å²) in [6.07, 6.45) is -3.50. The average Bonchev–Trinajstić information content (AvgIpc) is 2.26. The van der Waals surface area contributed by atoms with E-state index in [9.17, 15) is 13.2 Å². The van der Waals surface area contributed by atoms with Gasteiger partial charge in [0.15, 0.2) is 0 Å². The molecule has 7 heteroatoms. The van der Waals surface area contributed by atoms with E-state index in [1.54, 1.807) is 6.07 Å². The molecule has 1 heterocycles. The van der Waals surface area contributed by atoms with E-state index < -0.39 is 12.6 Å². The van der Waals surface area contributed by atoms with Crippen LogP contribution in [-0.4, -0.2) is 22.7 Å². The first-order chi connectivity index (χ1) is 8.40. The molecule has 0 aliphatic carbocycles. The number of aryl methyl sites for hydroxylation is 1. The Morgan fingerprint density at radius 1 is 1.28 bits per heavy atom. The van der Waals surface area contributed by atoms with Crippen molar-refractivity contribution >= 4 is 21.7 Å². The lowest BCUT2D eigenvalue weighted by atomic mass is 10.2. The summed E-state index contributed by atoms with van der Waals surface area (Å²) in [6.45, 7) is 2.41. The first kappa shape index (κ1) is 15.2. The number of hydrogen-bond donors (Lipinski definition) is 1.